The normalized spacial score (nSPS) is 16.8. The number of unbranched alkanes of at least 4 members (excludes halogenated alkanes) is 1. The Balaban J connectivity index is 0.848. The minimum atomic E-state index is -2.06. The molecule has 464 valence electrons. The number of nitrogens with zero attached hydrogens (tertiary/aromatic N) is 2. The Morgan fingerprint density at radius 1 is 0.791 bits per heavy atom. The number of fused-ring (bicyclic) bond motifs is 5. The lowest BCUT2D eigenvalue weighted by molar-refractivity contribution is -0.172. The van der Waals surface area contributed by atoms with Gasteiger partial charge >= 0.3 is 5.97 Å². The number of hydrogen-bond acceptors (Lipinski definition) is 17. The smallest absolute Gasteiger partial charge is 0.343 e. The SMILES string of the molecule is CCCOCCOCCOCCOCCOCCOCCC(=O)N[C@@H](Cc1ccccc1)C(=O)N[C@@H](CCCCN)C(=O)Nc1ccc(C(O)C(=O)N[C@H]2CCc3c(C)c(F)cc4nc5c(c2c34)Cn2c-5cc3c(c2=O)COC(=O)[C@]3(O)CC)cc1. The summed E-state index contributed by atoms with van der Waals surface area (Å²) in [5.41, 5.74) is 8.17. The molecule has 2 aromatic heterocycles. The average Bonchev–Trinajstić information content (AvgIpc) is 1.49. The van der Waals surface area contributed by atoms with Gasteiger partial charge in [0, 0.05) is 47.7 Å². The van der Waals surface area contributed by atoms with Gasteiger partial charge in [-0.05, 0) is 104 Å². The molecule has 0 saturated carbocycles. The van der Waals surface area contributed by atoms with Crippen molar-refractivity contribution in [1.82, 2.24) is 25.5 Å². The molecule has 4 amide bonds. The number of amides is 4. The van der Waals surface area contributed by atoms with Crippen molar-refractivity contribution in [3.05, 3.63) is 127 Å². The summed E-state index contributed by atoms with van der Waals surface area (Å²) in [7, 11) is 0. The molecule has 86 heavy (non-hydrogen) atoms. The zero-order valence-corrected chi connectivity index (χ0v) is 49.2. The van der Waals surface area contributed by atoms with Gasteiger partial charge in [0.1, 0.15) is 24.5 Å². The van der Waals surface area contributed by atoms with Crippen molar-refractivity contribution in [1.29, 1.82) is 0 Å². The highest BCUT2D eigenvalue weighted by molar-refractivity contribution is 5.99. The van der Waals surface area contributed by atoms with Crippen molar-refractivity contribution in [3.8, 4) is 11.4 Å². The number of ether oxygens (including phenoxy) is 7. The number of nitrogens with one attached hydrogen (secondary N) is 4. The third kappa shape index (κ3) is 16.1. The fourth-order valence-corrected chi connectivity index (χ4v) is 10.9. The average molecular weight is 1190 g/mol. The quantitative estimate of drug-likeness (QED) is 0.0212. The Hall–Kier alpha value is -7.06. The number of hydrogen-bond donors (Lipinski definition) is 7. The number of aromatic nitrogens is 2. The monoisotopic (exact) mass is 1190 g/mol. The highest BCUT2D eigenvalue weighted by Gasteiger charge is 2.46. The maximum Gasteiger partial charge on any atom is 0.343 e. The van der Waals surface area contributed by atoms with Gasteiger partial charge in [0.15, 0.2) is 11.7 Å². The molecule has 1 unspecified atom stereocenters. The van der Waals surface area contributed by atoms with Gasteiger partial charge in [-0.3, -0.25) is 24.0 Å². The zero-order valence-electron chi connectivity index (χ0n) is 49.2. The number of carbonyl (C=O) groups is 5. The van der Waals surface area contributed by atoms with Gasteiger partial charge in [-0.1, -0.05) is 56.3 Å². The van der Waals surface area contributed by atoms with E-state index in [1.807, 2.05) is 30.3 Å². The van der Waals surface area contributed by atoms with Crippen molar-refractivity contribution < 1.29 is 71.7 Å². The second-order valence-corrected chi connectivity index (χ2v) is 21.5. The van der Waals surface area contributed by atoms with Crippen molar-refractivity contribution in [3.63, 3.8) is 0 Å². The van der Waals surface area contributed by atoms with Crippen LogP contribution in [-0.4, -0.2) is 147 Å². The molecule has 5 aromatic rings. The molecule has 0 fully saturated rings. The van der Waals surface area contributed by atoms with Crippen LogP contribution in [0.5, 0.6) is 0 Å². The number of pyridine rings is 2. The minimum absolute atomic E-state index is 0.0338. The molecule has 5 atom stereocenters. The fraction of sp³-hybridized carbons (Fsp3) is 0.508. The van der Waals surface area contributed by atoms with Gasteiger partial charge in [-0.15, -0.1) is 0 Å². The third-order valence-corrected chi connectivity index (χ3v) is 15.6. The number of cyclic esters (lactones) is 1. The summed E-state index contributed by atoms with van der Waals surface area (Å²) in [4.78, 5) is 87.3. The van der Waals surface area contributed by atoms with E-state index in [2.05, 4.69) is 28.2 Å². The van der Waals surface area contributed by atoms with Crippen LogP contribution < -0.4 is 32.6 Å². The van der Waals surface area contributed by atoms with Crippen LogP contribution in [0.3, 0.4) is 0 Å². The summed E-state index contributed by atoms with van der Waals surface area (Å²) in [6.45, 7) is 10.4. The first kappa shape index (κ1) is 64.9. The van der Waals surface area contributed by atoms with E-state index in [0.717, 1.165) is 18.6 Å². The molecular weight excluding hydrogens is 1110 g/mol. The van der Waals surface area contributed by atoms with Crippen LogP contribution in [0.25, 0.3) is 22.3 Å². The van der Waals surface area contributed by atoms with E-state index >= 15 is 4.39 Å². The number of halogens is 1. The Labute approximate surface area is 498 Å². The molecule has 1 aliphatic carbocycles. The zero-order chi connectivity index (χ0) is 61.2. The first-order valence-corrected chi connectivity index (χ1v) is 29.7. The number of carbonyl (C=O) groups excluding carboxylic acids is 5. The summed E-state index contributed by atoms with van der Waals surface area (Å²) in [5, 5.41) is 35.2. The number of aliphatic hydroxyl groups is 2. The molecule has 23 heteroatoms. The summed E-state index contributed by atoms with van der Waals surface area (Å²) in [5.74, 6) is -3.62. The third-order valence-electron chi connectivity index (χ3n) is 15.6. The topological polar surface area (TPSA) is 299 Å². The fourth-order valence-electron chi connectivity index (χ4n) is 10.9. The van der Waals surface area contributed by atoms with Crippen LogP contribution in [-0.2, 0) is 88.7 Å². The van der Waals surface area contributed by atoms with Gasteiger partial charge in [-0.2, -0.15) is 0 Å². The van der Waals surface area contributed by atoms with E-state index in [4.69, 9.17) is 43.9 Å². The van der Waals surface area contributed by atoms with E-state index in [-0.39, 0.29) is 68.7 Å². The molecule has 8 N–H and O–H groups in total. The summed E-state index contributed by atoms with van der Waals surface area (Å²) in [6.07, 6.45) is 1.38. The number of anilines is 1. The molecule has 22 nitrogen and oxygen atoms in total. The molecule has 3 aromatic carbocycles. The number of benzene rings is 3. The van der Waals surface area contributed by atoms with E-state index in [1.54, 1.807) is 19.9 Å². The van der Waals surface area contributed by atoms with E-state index in [1.165, 1.54) is 34.9 Å². The molecule has 0 bridgehead atoms. The molecule has 3 aliphatic rings. The van der Waals surface area contributed by atoms with Gasteiger partial charge < -0.3 is 74.9 Å². The maximum atomic E-state index is 15.5. The molecule has 0 saturated heterocycles. The lowest BCUT2D eigenvalue weighted by atomic mass is 9.81. The number of aryl methyl sites for hydroxylation is 1. The van der Waals surface area contributed by atoms with Crippen molar-refractivity contribution in [2.75, 3.05) is 91.1 Å². The lowest BCUT2D eigenvalue weighted by Crippen LogP contribution is -2.53. The van der Waals surface area contributed by atoms with E-state index in [9.17, 15) is 39.0 Å². The van der Waals surface area contributed by atoms with Crippen LogP contribution in [0, 0.1) is 12.7 Å². The lowest BCUT2D eigenvalue weighted by Gasteiger charge is -2.31. The Kier molecular flexibility index (Phi) is 23.8. The largest absolute Gasteiger partial charge is 0.458 e. The van der Waals surface area contributed by atoms with Crippen LogP contribution >= 0.6 is 0 Å². The second-order valence-electron chi connectivity index (χ2n) is 21.5. The molecular formula is C63H80FN7O15. The van der Waals surface area contributed by atoms with Crippen LogP contribution in [0.2, 0.25) is 0 Å². The van der Waals surface area contributed by atoms with E-state index < -0.39 is 70.8 Å². The van der Waals surface area contributed by atoms with E-state index in [0.29, 0.717) is 142 Å². The standard InChI is InChI=1S/C63H80FN7O15/c1-4-22-80-24-26-82-28-30-84-32-33-85-31-29-83-27-25-81-23-20-53(72)67-51(34-40-11-7-6-8-12-40)59(75)70-49(13-9-10-21-65)58(74)66-42-16-14-41(15-17-42)57(73)60(76)69-48-19-18-43-39(3)47(64)36-50-54(43)55(48)44-37-71-52(56(44)68-50)35-46-45(61(71)77)38-86-62(78)63(46,79)5-2/h6-8,11-12,14-17,35-36,48-49,51,57,73,79H,4-5,9-10,13,18-34,37-38,65H2,1-3H3,(H,66,74)(H,67,72)(H,69,76)(H,70,75)/t48-,49-,51-,57?,63-/m0/s1. The van der Waals surface area contributed by atoms with Crippen LogP contribution in [0.15, 0.2) is 71.5 Å². The Morgan fingerprint density at radius 2 is 1.43 bits per heavy atom. The van der Waals surface area contributed by atoms with Crippen molar-refractivity contribution in [2.24, 2.45) is 5.73 Å². The first-order chi connectivity index (χ1) is 41.7. The molecule has 8 rings (SSSR count). The predicted octanol–water partition coefficient (Wildman–Crippen LogP) is 4.54. The van der Waals surface area contributed by atoms with Gasteiger partial charge in [0.05, 0.1) is 108 Å². The van der Waals surface area contributed by atoms with Gasteiger partial charge in [0.25, 0.3) is 11.5 Å². The summed E-state index contributed by atoms with van der Waals surface area (Å²) in [6, 6.07) is 15.3. The Bertz CT molecular complexity index is 3220. The van der Waals surface area contributed by atoms with Gasteiger partial charge in [0.2, 0.25) is 17.7 Å². The Morgan fingerprint density at radius 3 is 2.06 bits per heavy atom. The highest BCUT2D eigenvalue weighted by atomic mass is 19.1. The van der Waals surface area contributed by atoms with Crippen molar-refractivity contribution >= 4 is 46.2 Å². The minimum Gasteiger partial charge on any atom is -0.458 e. The van der Waals surface area contributed by atoms with Crippen molar-refractivity contribution in [2.45, 2.75) is 122 Å². The number of esters is 1. The summed E-state index contributed by atoms with van der Waals surface area (Å²) < 4.78 is 55.3. The van der Waals surface area contributed by atoms with Gasteiger partial charge in [-0.25, -0.2) is 14.2 Å². The molecule has 0 spiro atoms. The number of rotatable bonds is 35. The molecule has 4 heterocycles. The molecule has 0 radical (unpaired) electrons. The van der Waals surface area contributed by atoms with Crippen LogP contribution in [0.1, 0.15) is 115 Å². The maximum absolute atomic E-state index is 15.5. The first-order valence-electron chi connectivity index (χ1n) is 29.7. The number of aliphatic hydroxyl groups excluding tert-OH is 1. The van der Waals surface area contributed by atoms with Crippen LogP contribution in [0.4, 0.5) is 10.1 Å². The predicted molar refractivity (Wildman–Crippen MR) is 315 cm³/mol. The highest BCUT2D eigenvalue weighted by Crippen LogP contribution is 2.46. The second kappa shape index (κ2) is 31.5. The molecule has 2 aliphatic heterocycles. The number of nitrogens with two attached hydrogens (primary N) is 1. The summed E-state index contributed by atoms with van der Waals surface area (Å²) >= 11 is 0.